The van der Waals surface area contributed by atoms with E-state index in [0.717, 1.165) is 0 Å². The minimum absolute atomic E-state index is 0.0480. The molecule has 3 atom stereocenters. The van der Waals surface area contributed by atoms with E-state index in [9.17, 15) is 14.7 Å². The Kier molecular flexibility index (Phi) is 5.46. The summed E-state index contributed by atoms with van der Waals surface area (Å²) in [6, 6.07) is 0. The van der Waals surface area contributed by atoms with Gasteiger partial charge < -0.3 is 19.4 Å². The monoisotopic (exact) mass is 218 g/mol. The number of aliphatic hydroxyl groups excluding tert-OH is 1. The van der Waals surface area contributed by atoms with Gasteiger partial charge in [-0.15, -0.1) is 0 Å². The van der Waals surface area contributed by atoms with Crippen molar-refractivity contribution in [2.24, 2.45) is 0 Å². The molecule has 5 heteroatoms. The second-order valence-electron chi connectivity index (χ2n) is 3.66. The number of methoxy groups -OCH3 is 1. The molecule has 0 aromatic carbocycles. The van der Waals surface area contributed by atoms with Crippen molar-refractivity contribution in [1.82, 2.24) is 0 Å². The van der Waals surface area contributed by atoms with E-state index in [4.69, 9.17) is 9.47 Å². The van der Waals surface area contributed by atoms with Gasteiger partial charge in [-0.3, -0.25) is 4.79 Å². The van der Waals surface area contributed by atoms with Gasteiger partial charge in [0.1, 0.15) is 11.9 Å². The standard InChI is InChI=1S/C10H18O5/c1-7(12)9(15-8(2)13)10(3,14-4)5-6-11/h6-7,9,12H,5H2,1-4H3/t7-,9+,10+/m1/s1. The number of ether oxygens (including phenoxy) is 2. The average Bonchev–Trinajstić information content (AvgIpc) is 2.13. The molecule has 0 aromatic heterocycles. The molecule has 0 saturated heterocycles. The average molecular weight is 218 g/mol. The van der Waals surface area contributed by atoms with Crippen molar-refractivity contribution in [2.75, 3.05) is 7.11 Å². The first kappa shape index (κ1) is 14.1. The predicted octanol–water partition coefficient (Wildman–Crippen LogP) is 0.293. The molecule has 0 unspecified atom stereocenters. The van der Waals surface area contributed by atoms with Crippen molar-refractivity contribution in [3.8, 4) is 0 Å². The lowest BCUT2D eigenvalue weighted by Crippen LogP contribution is -2.50. The van der Waals surface area contributed by atoms with Gasteiger partial charge >= 0.3 is 5.97 Å². The summed E-state index contributed by atoms with van der Waals surface area (Å²) in [7, 11) is 1.41. The third-order valence-electron chi connectivity index (χ3n) is 2.29. The molecule has 0 aromatic rings. The van der Waals surface area contributed by atoms with Crippen molar-refractivity contribution in [2.45, 2.75) is 45.0 Å². The van der Waals surface area contributed by atoms with Crippen LogP contribution in [0, 0.1) is 0 Å². The Hall–Kier alpha value is -0.940. The Morgan fingerprint density at radius 3 is 2.40 bits per heavy atom. The maximum atomic E-state index is 10.8. The van der Waals surface area contributed by atoms with Gasteiger partial charge in [-0.2, -0.15) is 0 Å². The zero-order valence-electron chi connectivity index (χ0n) is 9.52. The Bertz CT molecular complexity index is 226. The molecule has 0 heterocycles. The normalized spacial score (nSPS) is 18.7. The van der Waals surface area contributed by atoms with Gasteiger partial charge in [-0.1, -0.05) is 0 Å². The van der Waals surface area contributed by atoms with Crippen molar-refractivity contribution >= 4 is 12.3 Å². The van der Waals surface area contributed by atoms with Crippen LogP contribution >= 0.6 is 0 Å². The summed E-state index contributed by atoms with van der Waals surface area (Å²) in [6.45, 7) is 4.34. The summed E-state index contributed by atoms with van der Waals surface area (Å²) in [6.07, 6.45) is -1.04. The van der Waals surface area contributed by atoms with Crippen molar-refractivity contribution in [1.29, 1.82) is 0 Å². The highest BCUT2D eigenvalue weighted by Crippen LogP contribution is 2.24. The van der Waals surface area contributed by atoms with Crippen LogP contribution in [0.25, 0.3) is 0 Å². The van der Waals surface area contributed by atoms with E-state index in [1.54, 1.807) is 6.92 Å². The molecule has 0 aliphatic carbocycles. The molecule has 15 heavy (non-hydrogen) atoms. The molecule has 5 nitrogen and oxygen atoms in total. The zero-order chi connectivity index (χ0) is 12.1. The van der Waals surface area contributed by atoms with Crippen LogP contribution in [0.15, 0.2) is 0 Å². The fraction of sp³-hybridized carbons (Fsp3) is 0.800. The van der Waals surface area contributed by atoms with E-state index in [1.807, 2.05) is 0 Å². The largest absolute Gasteiger partial charge is 0.457 e. The number of aliphatic hydroxyl groups is 1. The highest BCUT2D eigenvalue weighted by molar-refractivity contribution is 5.66. The number of carbonyl (C=O) groups excluding carboxylic acids is 2. The number of rotatable bonds is 6. The molecule has 0 aliphatic heterocycles. The van der Waals surface area contributed by atoms with Gasteiger partial charge in [0.2, 0.25) is 0 Å². The summed E-state index contributed by atoms with van der Waals surface area (Å²) in [5.41, 5.74) is -0.998. The summed E-state index contributed by atoms with van der Waals surface area (Å²) in [4.78, 5) is 21.3. The lowest BCUT2D eigenvalue weighted by Gasteiger charge is -2.35. The van der Waals surface area contributed by atoms with Crippen LogP contribution in [0.2, 0.25) is 0 Å². The van der Waals surface area contributed by atoms with E-state index in [0.29, 0.717) is 6.29 Å². The molecule has 0 saturated carbocycles. The quantitative estimate of drug-likeness (QED) is 0.512. The lowest BCUT2D eigenvalue weighted by molar-refractivity contribution is -0.181. The molecular weight excluding hydrogens is 200 g/mol. The molecule has 0 spiro atoms. The SMILES string of the molecule is CO[C@@](C)(CC=O)[C@@H](OC(C)=O)[C@@H](C)O. The minimum Gasteiger partial charge on any atom is -0.457 e. The predicted molar refractivity (Wildman–Crippen MR) is 53.3 cm³/mol. The van der Waals surface area contributed by atoms with Gasteiger partial charge in [0.05, 0.1) is 6.10 Å². The molecule has 0 rings (SSSR count). The number of aldehydes is 1. The summed E-state index contributed by atoms with van der Waals surface area (Å²) in [5, 5.41) is 9.48. The molecule has 0 bridgehead atoms. The molecule has 0 aliphatic rings. The number of esters is 1. The smallest absolute Gasteiger partial charge is 0.303 e. The van der Waals surface area contributed by atoms with Gasteiger partial charge in [0.15, 0.2) is 6.10 Å². The van der Waals surface area contributed by atoms with Gasteiger partial charge in [0.25, 0.3) is 0 Å². The topological polar surface area (TPSA) is 72.8 Å². The molecule has 0 radical (unpaired) electrons. The van der Waals surface area contributed by atoms with E-state index in [2.05, 4.69) is 0 Å². The highest BCUT2D eigenvalue weighted by Gasteiger charge is 2.39. The second kappa shape index (κ2) is 5.82. The minimum atomic E-state index is -0.998. The van der Waals surface area contributed by atoms with Crippen LogP contribution in [0.5, 0.6) is 0 Å². The second-order valence-corrected chi connectivity index (χ2v) is 3.66. The summed E-state index contributed by atoms with van der Waals surface area (Å²) < 4.78 is 10.1. The van der Waals surface area contributed by atoms with Gasteiger partial charge in [0, 0.05) is 20.5 Å². The van der Waals surface area contributed by atoms with Crippen LogP contribution in [-0.4, -0.2) is 42.3 Å². The van der Waals surface area contributed by atoms with Crippen LogP contribution < -0.4 is 0 Å². The maximum absolute atomic E-state index is 10.8. The van der Waals surface area contributed by atoms with Gasteiger partial charge in [-0.05, 0) is 13.8 Å². The van der Waals surface area contributed by atoms with E-state index in [-0.39, 0.29) is 6.42 Å². The summed E-state index contributed by atoms with van der Waals surface area (Å²) in [5.74, 6) is -0.518. The fourth-order valence-corrected chi connectivity index (χ4v) is 1.39. The molecular formula is C10H18O5. The van der Waals surface area contributed by atoms with E-state index < -0.39 is 23.8 Å². The molecule has 88 valence electrons. The molecule has 0 fully saturated rings. The first-order chi connectivity index (χ1) is 6.87. The van der Waals surface area contributed by atoms with Crippen molar-refractivity contribution in [3.63, 3.8) is 0 Å². The third-order valence-corrected chi connectivity index (χ3v) is 2.29. The zero-order valence-corrected chi connectivity index (χ0v) is 9.52. The van der Waals surface area contributed by atoms with Crippen molar-refractivity contribution in [3.05, 3.63) is 0 Å². The first-order valence-electron chi connectivity index (χ1n) is 4.71. The van der Waals surface area contributed by atoms with Crippen LogP contribution in [0.1, 0.15) is 27.2 Å². The number of hydrogen-bond acceptors (Lipinski definition) is 5. The molecule has 0 amide bonds. The fourth-order valence-electron chi connectivity index (χ4n) is 1.39. The van der Waals surface area contributed by atoms with Crippen LogP contribution in [0.4, 0.5) is 0 Å². The van der Waals surface area contributed by atoms with Crippen molar-refractivity contribution < 1.29 is 24.2 Å². The van der Waals surface area contributed by atoms with E-state index >= 15 is 0 Å². The number of hydrogen-bond donors (Lipinski definition) is 1. The van der Waals surface area contributed by atoms with E-state index in [1.165, 1.54) is 21.0 Å². The number of carbonyl (C=O) groups is 2. The highest BCUT2D eigenvalue weighted by atomic mass is 16.6. The third kappa shape index (κ3) is 3.97. The Labute approximate surface area is 89.4 Å². The van der Waals surface area contributed by atoms with Crippen LogP contribution in [0.3, 0.4) is 0 Å². The van der Waals surface area contributed by atoms with Gasteiger partial charge in [-0.25, -0.2) is 0 Å². The first-order valence-corrected chi connectivity index (χ1v) is 4.71. The Morgan fingerprint density at radius 2 is 2.13 bits per heavy atom. The van der Waals surface area contributed by atoms with Crippen LogP contribution in [-0.2, 0) is 19.1 Å². The molecule has 1 N–H and O–H groups in total. The Morgan fingerprint density at radius 1 is 1.60 bits per heavy atom. The summed E-state index contributed by atoms with van der Waals surface area (Å²) >= 11 is 0. The lowest BCUT2D eigenvalue weighted by atomic mass is 9.92. The maximum Gasteiger partial charge on any atom is 0.303 e. The Balaban J connectivity index is 4.83.